The van der Waals surface area contributed by atoms with Crippen LogP contribution < -0.4 is 15.7 Å². The minimum absolute atomic E-state index is 0.863. The van der Waals surface area contributed by atoms with Gasteiger partial charge >= 0.3 is 0 Å². The molecule has 2 heterocycles. The van der Waals surface area contributed by atoms with Gasteiger partial charge in [-0.3, -0.25) is 0 Å². The Bertz CT molecular complexity index is 818. The number of benzene rings is 1. The number of fused-ring (bicyclic) bond motifs is 2. The number of aromatic amines is 1. The fraction of sp³-hybridized carbons (Fsp3) is 0.412. The van der Waals surface area contributed by atoms with Crippen molar-refractivity contribution in [3.05, 3.63) is 48.1 Å². The summed E-state index contributed by atoms with van der Waals surface area (Å²) in [5.41, 5.74) is 0. The van der Waals surface area contributed by atoms with Gasteiger partial charge in [0.15, 0.2) is 6.26 Å². The van der Waals surface area contributed by atoms with Crippen molar-refractivity contribution < 1.29 is 14.9 Å². The molecule has 0 atom stereocenters. The molecule has 0 radical (unpaired) electrons. The second-order valence-electron chi connectivity index (χ2n) is 4.47. The van der Waals surface area contributed by atoms with Crippen LogP contribution in [0.15, 0.2) is 27.8 Å². The van der Waals surface area contributed by atoms with Gasteiger partial charge < -0.3 is 9.94 Å². The van der Waals surface area contributed by atoms with Crippen molar-refractivity contribution in [2.24, 2.45) is 5.16 Å². The molecule has 0 unspecified atom stereocenters. The van der Waals surface area contributed by atoms with E-state index in [1.165, 1.54) is 22.4 Å². The highest BCUT2D eigenvalue weighted by Crippen LogP contribution is 2.09. The van der Waals surface area contributed by atoms with E-state index >= 15 is 0 Å². The number of hydrogen-bond donors (Lipinski definition) is 1. The third-order valence-corrected chi connectivity index (χ3v) is 4.72. The Hall–Kier alpha value is -1.24. The normalized spacial score (nSPS) is 10.9. The van der Waals surface area contributed by atoms with E-state index < -0.39 is 0 Å². The number of rotatable bonds is 3. The molecule has 0 aliphatic carbocycles. The summed E-state index contributed by atoms with van der Waals surface area (Å²) in [4.78, 5) is 8.70. The van der Waals surface area contributed by atoms with Crippen LogP contribution in [0.25, 0.3) is 6.26 Å². The first kappa shape index (κ1) is 19.8. The Kier molecular flexibility index (Phi) is 9.06. The van der Waals surface area contributed by atoms with Gasteiger partial charge in [0.05, 0.1) is 0 Å². The topological polar surface area (TPSA) is 56.0 Å². The predicted octanol–water partition coefficient (Wildman–Crippen LogP) is 2.89. The molecule has 0 bridgehead atoms. The number of aromatic nitrogens is 1. The van der Waals surface area contributed by atoms with E-state index in [4.69, 9.17) is 9.94 Å². The Morgan fingerprint density at radius 1 is 1.30 bits per heavy atom. The lowest BCUT2D eigenvalue weighted by Crippen LogP contribution is -2.26. The molecule has 2 N–H and O–H groups in total. The lowest BCUT2D eigenvalue weighted by molar-refractivity contribution is -0.400. The van der Waals surface area contributed by atoms with Crippen LogP contribution in [0, 0.1) is 9.75 Å². The van der Waals surface area contributed by atoms with Gasteiger partial charge in [-0.05, 0) is 24.6 Å². The number of H-pyrrole nitrogens is 1. The quantitative estimate of drug-likeness (QED) is 0.862. The van der Waals surface area contributed by atoms with Gasteiger partial charge in [-0.2, -0.15) is 4.98 Å². The Morgan fingerprint density at radius 2 is 2.04 bits per heavy atom. The number of aliphatic hydroxyl groups excluding tert-OH is 1. The van der Waals surface area contributed by atoms with E-state index in [2.05, 4.69) is 39.1 Å². The van der Waals surface area contributed by atoms with Crippen molar-refractivity contribution in [3.63, 3.8) is 0 Å². The number of nitrogens with one attached hydrogen (secondary N) is 1. The number of aryl methyl sites for hydroxylation is 1. The number of nitrogens with zero attached hydrogens (tertiary/aromatic N) is 1. The Balaban J connectivity index is 0.000000615. The summed E-state index contributed by atoms with van der Waals surface area (Å²) in [6.07, 6.45) is 5.18. The van der Waals surface area contributed by atoms with Crippen molar-refractivity contribution in [2.75, 3.05) is 7.11 Å². The van der Waals surface area contributed by atoms with Crippen LogP contribution in [0.1, 0.15) is 38.6 Å². The molecule has 0 saturated carbocycles. The van der Waals surface area contributed by atoms with E-state index in [1.807, 2.05) is 26.0 Å². The summed E-state index contributed by atoms with van der Waals surface area (Å²) < 4.78 is 2.21. The average molecular weight is 400 g/mol. The number of unbranched alkanes of at least 4 members (excludes halogenated alkanes) is 1. The lowest BCUT2D eigenvalue weighted by Gasteiger charge is -1.90. The fourth-order valence-corrected chi connectivity index (χ4v) is 3.55. The van der Waals surface area contributed by atoms with Crippen LogP contribution in [0.5, 0.6) is 0 Å². The highest BCUT2D eigenvalue weighted by molar-refractivity contribution is 9.10. The van der Waals surface area contributed by atoms with E-state index in [-0.39, 0.29) is 0 Å². The molecule has 0 fully saturated rings. The Labute approximate surface area is 149 Å². The molecule has 1 aromatic heterocycles. The van der Waals surface area contributed by atoms with Crippen molar-refractivity contribution in [1.82, 2.24) is 0 Å². The molecule has 0 amide bonds. The molecule has 6 heteroatoms. The molecular formula is C17H24BrN2O2S+. The largest absolute Gasteiger partial charge is 0.400 e. The van der Waals surface area contributed by atoms with Crippen molar-refractivity contribution in [3.8, 4) is 0 Å². The smallest absolute Gasteiger partial charge is 0.260 e. The second-order valence-corrected chi connectivity index (χ2v) is 6.49. The molecule has 3 rings (SSSR count). The van der Waals surface area contributed by atoms with Crippen LogP contribution >= 0.6 is 27.3 Å². The number of aliphatic hydroxyl groups is 1. The highest BCUT2D eigenvalue weighted by Gasteiger charge is 2.10. The van der Waals surface area contributed by atoms with Gasteiger partial charge in [0.2, 0.25) is 5.01 Å². The molecule has 4 nitrogen and oxygen atoms in total. The summed E-state index contributed by atoms with van der Waals surface area (Å²) in [6, 6.07) is 6.09. The standard InChI is InChI=1S/C14H13BrN2OS.C2H6.CH4O/c1-2-3-4-13-16-12-8-18-17-11-7-9(15)5-6-10(11)14(12)19-13;2*1-2/h5-8H,2-4H2,1H3;1-2H3;2H,1H3/p+1. The third-order valence-electron chi connectivity index (χ3n) is 3.03. The van der Waals surface area contributed by atoms with Crippen LogP contribution in [0.3, 0.4) is 0 Å². The minimum atomic E-state index is 0.863. The van der Waals surface area contributed by atoms with Crippen LogP contribution in [-0.2, 0) is 11.3 Å². The SMILES string of the molecule is CC.CCCCc1[nH+]c2c(s1)=c1ccc(Br)cc1=NOC=2.CO. The predicted molar refractivity (Wildman–Crippen MR) is 97.1 cm³/mol. The van der Waals surface area contributed by atoms with Gasteiger partial charge in [-0.1, -0.05) is 59.6 Å². The summed E-state index contributed by atoms with van der Waals surface area (Å²) in [7, 11) is 1.00. The molecule has 1 aromatic carbocycles. The van der Waals surface area contributed by atoms with Crippen LogP contribution in [-0.4, -0.2) is 12.2 Å². The molecule has 1 aliphatic rings. The minimum Gasteiger partial charge on any atom is -0.400 e. The maximum atomic E-state index is 7.00. The van der Waals surface area contributed by atoms with Gasteiger partial charge in [0.25, 0.3) is 5.35 Å². The number of halogens is 1. The zero-order valence-corrected chi connectivity index (χ0v) is 16.4. The van der Waals surface area contributed by atoms with Gasteiger partial charge in [-0.25, -0.2) is 0 Å². The first-order valence-electron chi connectivity index (χ1n) is 7.77. The van der Waals surface area contributed by atoms with Crippen LogP contribution in [0.4, 0.5) is 0 Å². The molecular weight excluding hydrogens is 376 g/mol. The zero-order valence-electron chi connectivity index (χ0n) is 14.0. The first-order valence-corrected chi connectivity index (χ1v) is 9.38. The summed E-state index contributed by atoms with van der Waals surface area (Å²) in [5, 5.41) is 15.4. The molecule has 1 aliphatic heterocycles. The van der Waals surface area contributed by atoms with Crippen LogP contribution in [0.2, 0.25) is 0 Å². The van der Waals surface area contributed by atoms with Gasteiger partial charge in [-0.15, -0.1) is 0 Å². The molecule has 2 aromatic rings. The van der Waals surface area contributed by atoms with E-state index in [9.17, 15) is 0 Å². The maximum Gasteiger partial charge on any atom is 0.260 e. The molecule has 0 spiro atoms. The summed E-state index contributed by atoms with van der Waals surface area (Å²) in [6.45, 7) is 6.21. The zero-order chi connectivity index (χ0) is 17.2. The van der Waals surface area contributed by atoms with E-state index in [0.717, 1.165) is 33.9 Å². The number of thiazole rings is 1. The van der Waals surface area contributed by atoms with Crippen molar-refractivity contribution in [2.45, 2.75) is 40.0 Å². The van der Waals surface area contributed by atoms with E-state index in [0.29, 0.717) is 0 Å². The van der Waals surface area contributed by atoms with Gasteiger partial charge in [0, 0.05) is 23.2 Å². The third kappa shape index (κ3) is 5.12. The molecule has 0 saturated heterocycles. The highest BCUT2D eigenvalue weighted by atomic mass is 79.9. The summed E-state index contributed by atoms with van der Waals surface area (Å²) in [5.74, 6) is 0. The maximum absolute atomic E-state index is 7.00. The number of hydrogen-bond acceptors (Lipinski definition) is 4. The first-order chi connectivity index (χ1) is 11.3. The van der Waals surface area contributed by atoms with Gasteiger partial charge in [0.1, 0.15) is 9.89 Å². The molecule has 23 heavy (non-hydrogen) atoms. The Morgan fingerprint density at radius 3 is 2.74 bits per heavy atom. The van der Waals surface area contributed by atoms with Crippen molar-refractivity contribution >= 4 is 33.5 Å². The van der Waals surface area contributed by atoms with Crippen molar-refractivity contribution in [1.29, 1.82) is 0 Å². The fourth-order valence-electron chi connectivity index (χ4n) is 2.05. The average Bonchev–Trinajstić information content (AvgIpc) is 2.92. The monoisotopic (exact) mass is 399 g/mol. The molecule has 126 valence electrons. The van der Waals surface area contributed by atoms with E-state index in [1.54, 1.807) is 17.6 Å². The second kappa shape index (κ2) is 10.5. The summed E-state index contributed by atoms with van der Waals surface area (Å²) >= 11 is 5.26. The lowest BCUT2D eigenvalue weighted by atomic mass is 10.3.